The molecule has 0 spiro atoms. The summed E-state index contributed by atoms with van der Waals surface area (Å²) in [5.74, 6) is -1.01. The standard InChI is InChI=1S/C2H4ClO2P/c3-1(6)2(4)5/h1H,6H2,(H,4,5). The first-order valence-corrected chi connectivity index (χ1v) is 2.37. The van der Waals surface area contributed by atoms with Gasteiger partial charge in [-0.2, -0.15) is 0 Å². The van der Waals surface area contributed by atoms with Crippen LogP contribution < -0.4 is 0 Å². The van der Waals surface area contributed by atoms with E-state index in [4.69, 9.17) is 16.7 Å². The minimum absolute atomic E-state index is 0.843. The van der Waals surface area contributed by atoms with Crippen molar-refractivity contribution in [1.29, 1.82) is 0 Å². The molecule has 0 aliphatic carbocycles. The molecule has 0 rings (SSSR count). The van der Waals surface area contributed by atoms with E-state index in [2.05, 4.69) is 0 Å². The van der Waals surface area contributed by atoms with Crippen LogP contribution in [0.15, 0.2) is 0 Å². The molecular formula is C2H4ClO2P. The van der Waals surface area contributed by atoms with Gasteiger partial charge in [0, 0.05) is 0 Å². The van der Waals surface area contributed by atoms with Crippen LogP contribution in [0.25, 0.3) is 0 Å². The van der Waals surface area contributed by atoms with E-state index in [-0.39, 0.29) is 0 Å². The minimum atomic E-state index is -1.01. The Labute approximate surface area is 42.7 Å². The summed E-state index contributed by atoms with van der Waals surface area (Å²) in [5, 5.41) is 7.00. The van der Waals surface area contributed by atoms with Gasteiger partial charge in [-0.25, -0.2) is 0 Å². The number of carboxylic acid groups (broad SMARTS) is 1. The van der Waals surface area contributed by atoms with E-state index in [0.29, 0.717) is 0 Å². The fraction of sp³-hybridized carbons (Fsp3) is 0.500. The van der Waals surface area contributed by atoms with E-state index >= 15 is 0 Å². The van der Waals surface area contributed by atoms with Crippen molar-refractivity contribution < 1.29 is 9.90 Å². The van der Waals surface area contributed by atoms with Crippen molar-refractivity contribution >= 4 is 26.8 Å². The summed E-state index contributed by atoms with van der Waals surface area (Å²) >= 11 is 4.98. The second kappa shape index (κ2) is 2.38. The van der Waals surface area contributed by atoms with Crippen LogP contribution in [0, 0.1) is 0 Å². The first-order chi connectivity index (χ1) is 2.64. The second-order valence-electron chi connectivity index (χ2n) is 0.740. The molecule has 0 saturated heterocycles. The lowest BCUT2D eigenvalue weighted by atomic mass is 10.8. The van der Waals surface area contributed by atoms with Gasteiger partial charge < -0.3 is 5.11 Å². The third-order valence-corrected chi connectivity index (χ3v) is 0.708. The van der Waals surface area contributed by atoms with E-state index < -0.39 is 11.1 Å². The van der Waals surface area contributed by atoms with Crippen LogP contribution >= 0.6 is 20.8 Å². The lowest BCUT2D eigenvalue weighted by molar-refractivity contribution is -0.134. The molecule has 0 aromatic carbocycles. The monoisotopic (exact) mass is 126 g/mol. The number of alkyl halides is 1. The molecule has 0 bridgehead atoms. The Hall–Kier alpha value is 0.190. The largest absolute Gasteiger partial charge is 0.480 e. The second-order valence-corrected chi connectivity index (χ2v) is 2.30. The summed E-state index contributed by atoms with van der Waals surface area (Å²) in [7, 11) is 1.94. The molecule has 0 heterocycles. The zero-order chi connectivity index (χ0) is 5.15. The van der Waals surface area contributed by atoms with Crippen molar-refractivity contribution in [2.75, 3.05) is 0 Å². The smallest absolute Gasteiger partial charge is 0.325 e. The Morgan fingerprint density at radius 2 is 2.17 bits per heavy atom. The van der Waals surface area contributed by atoms with Crippen LogP contribution in [0.4, 0.5) is 0 Å². The number of carbonyl (C=O) groups is 1. The zero-order valence-corrected chi connectivity index (χ0v) is 4.80. The van der Waals surface area contributed by atoms with Crippen LogP contribution in [0.5, 0.6) is 0 Å². The molecule has 0 aromatic heterocycles. The average Bonchev–Trinajstić information content (AvgIpc) is 1.36. The van der Waals surface area contributed by atoms with Gasteiger partial charge in [-0.05, 0) is 0 Å². The molecule has 0 aliphatic rings. The molecule has 0 aromatic rings. The first kappa shape index (κ1) is 6.19. The number of hydrogen-bond acceptors (Lipinski definition) is 1. The molecule has 0 amide bonds. The van der Waals surface area contributed by atoms with Crippen molar-refractivity contribution in [2.24, 2.45) is 0 Å². The summed E-state index contributed by atoms with van der Waals surface area (Å²) in [6.07, 6.45) is 0. The van der Waals surface area contributed by atoms with E-state index in [1.807, 2.05) is 9.24 Å². The average molecular weight is 126 g/mol. The predicted octanol–water partition coefficient (Wildman–Crippen LogP) is 0.511. The number of halogens is 1. The molecule has 0 aliphatic heterocycles. The molecule has 0 saturated carbocycles. The quantitative estimate of drug-likeness (QED) is 0.411. The van der Waals surface area contributed by atoms with Gasteiger partial charge in [-0.15, -0.1) is 20.8 Å². The van der Waals surface area contributed by atoms with Crippen molar-refractivity contribution in [2.45, 2.75) is 5.12 Å². The number of rotatable bonds is 1. The lowest BCUT2D eigenvalue weighted by Gasteiger charge is -1.86. The fourth-order valence-electron chi connectivity index (χ4n) is 0. The molecule has 2 nitrogen and oxygen atoms in total. The Kier molecular flexibility index (Phi) is 2.45. The Morgan fingerprint density at radius 1 is 2.00 bits per heavy atom. The van der Waals surface area contributed by atoms with Gasteiger partial charge >= 0.3 is 5.97 Å². The van der Waals surface area contributed by atoms with Gasteiger partial charge in [0.1, 0.15) is 5.12 Å². The van der Waals surface area contributed by atoms with Gasteiger partial charge in [-0.3, -0.25) is 4.79 Å². The van der Waals surface area contributed by atoms with Gasteiger partial charge in [0.25, 0.3) is 0 Å². The minimum Gasteiger partial charge on any atom is -0.480 e. The Balaban J connectivity index is 3.26. The van der Waals surface area contributed by atoms with Crippen LogP contribution in [0.3, 0.4) is 0 Å². The Bertz CT molecular complexity index is 62.6. The fourth-order valence-corrected chi connectivity index (χ4v) is 0. The number of aliphatic carboxylic acids is 1. The third-order valence-electron chi connectivity index (χ3n) is 0.236. The molecule has 36 valence electrons. The first-order valence-electron chi connectivity index (χ1n) is 1.27. The summed E-state index contributed by atoms with van der Waals surface area (Å²) < 4.78 is 0. The Morgan fingerprint density at radius 3 is 2.17 bits per heavy atom. The van der Waals surface area contributed by atoms with E-state index in [1.54, 1.807) is 0 Å². The molecule has 0 radical (unpaired) electrons. The maximum atomic E-state index is 9.55. The highest BCUT2D eigenvalue weighted by molar-refractivity contribution is 7.23. The van der Waals surface area contributed by atoms with Gasteiger partial charge in [0.05, 0.1) is 0 Å². The lowest BCUT2D eigenvalue weighted by Crippen LogP contribution is -2.02. The maximum absolute atomic E-state index is 9.55. The summed E-state index contributed by atoms with van der Waals surface area (Å²) in [5.41, 5.74) is 0. The van der Waals surface area contributed by atoms with Crippen LogP contribution in [0.1, 0.15) is 0 Å². The van der Waals surface area contributed by atoms with E-state index in [9.17, 15) is 4.79 Å². The normalized spacial score (nSPS) is 13.7. The van der Waals surface area contributed by atoms with Crippen molar-refractivity contribution in [1.82, 2.24) is 0 Å². The maximum Gasteiger partial charge on any atom is 0.325 e. The summed E-state index contributed by atoms with van der Waals surface area (Å²) in [6, 6.07) is 0. The molecule has 6 heavy (non-hydrogen) atoms. The molecule has 4 heteroatoms. The van der Waals surface area contributed by atoms with E-state index in [0.717, 1.165) is 0 Å². The molecule has 2 atom stereocenters. The zero-order valence-electron chi connectivity index (χ0n) is 2.89. The van der Waals surface area contributed by atoms with Crippen LogP contribution in [0.2, 0.25) is 0 Å². The number of carboxylic acids is 1. The van der Waals surface area contributed by atoms with Crippen LogP contribution in [-0.4, -0.2) is 16.2 Å². The van der Waals surface area contributed by atoms with Gasteiger partial charge in [0.2, 0.25) is 0 Å². The summed E-state index contributed by atoms with van der Waals surface area (Å²) in [6.45, 7) is 0. The van der Waals surface area contributed by atoms with Crippen molar-refractivity contribution in [3.05, 3.63) is 0 Å². The van der Waals surface area contributed by atoms with Crippen molar-refractivity contribution in [3.8, 4) is 0 Å². The van der Waals surface area contributed by atoms with Crippen LogP contribution in [-0.2, 0) is 4.79 Å². The van der Waals surface area contributed by atoms with Crippen molar-refractivity contribution in [3.63, 3.8) is 0 Å². The van der Waals surface area contributed by atoms with Gasteiger partial charge in [-0.1, -0.05) is 0 Å². The highest BCUT2D eigenvalue weighted by atomic mass is 35.5. The summed E-state index contributed by atoms with van der Waals surface area (Å²) in [4.78, 5) is 9.55. The van der Waals surface area contributed by atoms with Gasteiger partial charge in [0.15, 0.2) is 0 Å². The molecular weight excluding hydrogens is 122 g/mol. The van der Waals surface area contributed by atoms with E-state index in [1.165, 1.54) is 0 Å². The molecule has 0 fully saturated rings. The highest BCUT2D eigenvalue weighted by Crippen LogP contribution is 2.02. The molecule has 1 N–H and O–H groups in total. The predicted molar refractivity (Wildman–Crippen MR) is 27.0 cm³/mol. The highest BCUT2D eigenvalue weighted by Gasteiger charge is 2.02. The SMILES string of the molecule is O=C(O)C(P)Cl. The third kappa shape index (κ3) is 2.43. The topological polar surface area (TPSA) is 37.3 Å². The molecule has 2 unspecified atom stereocenters. The number of hydrogen-bond donors (Lipinski definition) is 1.